The van der Waals surface area contributed by atoms with E-state index in [0.29, 0.717) is 12.0 Å². The van der Waals surface area contributed by atoms with Crippen molar-refractivity contribution >= 4 is 0 Å². The lowest BCUT2D eigenvalue weighted by Gasteiger charge is -2.20. The number of nitrogens with zero attached hydrogens (tertiary/aromatic N) is 1. The summed E-state index contributed by atoms with van der Waals surface area (Å²) < 4.78 is 0. The van der Waals surface area contributed by atoms with Crippen LogP contribution in [-0.4, -0.2) is 16.6 Å². The molecule has 1 saturated carbocycles. The zero-order chi connectivity index (χ0) is 10.2. The lowest BCUT2D eigenvalue weighted by molar-refractivity contribution is 0.418. The third-order valence-electron chi connectivity index (χ3n) is 2.48. The molecule has 2 atom stereocenters. The predicted molar refractivity (Wildman–Crippen MR) is 58.3 cm³/mol. The van der Waals surface area contributed by atoms with Crippen LogP contribution in [0.4, 0.5) is 0 Å². The number of rotatable bonds is 2. The molecule has 14 heavy (non-hydrogen) atoms. The maximum Gasteiger partial charge on any atom is 0.0450 e. The van der Waals surface area contributed by atoms with Crippen molar-refractivity contribution in [1.29, 1.82) is 0 Å². The smallest absolute Gasteiger partial charge is 0.0450 e. The van der Waals surface area contributed by atoms with Gasteiger partial charge in [0.25, 0.3) is 0 Å². The van der Waals surface area contributed by atoms with Gasteiger partial charge in [0, 0.05) is 29.4 Å². The SMILES string of the molecule is CC(C)(C)N[C@@H]1CC1c1ccccn1. The number of aromatic nitrogens is 1. The van der Waals surface area contributed by atoms with Gasteiger partial charge in [0.05, 0.1) is 0 Å². The summed E-state index contributed by atoms with van der Waals surface area (Å²) in [7, 11) is 0. The Labute approximate surface area is 85.7 Å². The van der Waals surface area contributed by atoms with Crippen LogP contribution in [0.1, 0.15) is 38.8 Å². The van der Waals surface area contributed by atoms with Gasteiger partial charge >= 0.3 is 0 Å². The summed E-state index contributed by atoms with van der Waals surface area (Å²) in [5.74, 6) is 0.635. The van der Waals surface area contributed by atoms with Crippen molar-refractivity contribution in [3.05, 3.63) is 30.1 Å². The Morgan fingerprint density at radius 3 is 2.71 bits per heavy atom. The first kappa shape index (κ1) is 9.66. The van der Waals surface area contributed by atoms with E-state index in [4.69, 9.17) is 0 Å². The molecular formula is C12H18N2. The van der Waals surface area contributed by atoms with E-state index in [-0.39, 0.29) is 5.54 Å². The van der Waals surface area contributed by atoms with Crippen LogP contribution in [-0.2, 0) is 0 Å². The minimum atomic E-state index is 0.216. The molecule has 1 aromatic rings. The lowest BCUT2D eigenvalue weighted by atomic mass is 10.1. The number of pyridine rings is 1. The summed E-state index contributed by atoms with van der Waals surface area (Å²) in [5, 5.41) is 3.60. The Hall–Kier alpha value is -0.890. The number of hydrogen-bond donors (Lipinski definition) is 1. The highest BCUT2D eigenvalue weighted by atomic mass is 15.0. The Morgan fingerprint density at radius 2 is 2.14 bits per heavy atom. The van der Waals surface area contributed by atoms with E-state index in [1.807, 2.05) is 12.3 Å². The van der Waals surface area contributed by atoms with Gasteiger partial charge in [-0.3, -0.25) is 4.98 Å². The second-order valence-electron chi connectivity index (χ2n) is 5.10. The molecule has 1 fully saturated rings. The van der Waals surface area contributed by atoms with Crippen LogP contribution in [0.25, 0.3) is 0 Å². The molecule has 76 valence electrons. The molecule has 1 heterocycles. The van der Waals surface area contributed by atoms with Crippen molar-refractivity contribution in [3.8, 4) is 0 Å². The molecule has 1 aromatic heterocycles. The third-order valence-corrected chi connectivity index (χ3v) is 2.48. The standard InChI is InChI=1S/C12H18N2/c1-12(2,3)14-11-8-9(11)10-6-4-5-7-13-10/h4-7,9,11,14H,8H2,1-3H3/t9?,11-/m1/s1. The summed E-state index contributed by atoms with van der Waals surface area (Å²) >= 11 is 0. The molecule has 0 bridgehead atoms. The van der Waals surface area contributed by atoms with Crippen molar-refractivity contribution in [1.82, 2.24) is 10.3 Å². The Morgan fingerprint density at radius 1 is 1.36 bits per heavy atom. The quantitative estimate of drug-likeness (QED) is 0.774. The second-order valence-corrected chi connectivity index (χ2v) is 5.10. The summed E-state index contributed by atoms with van der Waals surface area (Å²) in [6.45, 7) is 6.63. The van der Waals surface area contributed by atoms with Gasteiger partial charge in [0.2, 0.25) is 0 Å². The van der Waals surface area contributed by atoms with Crippen LogP contribution in [0.15, 0.2) is 24.4 Å². The summed E-state index contributed by atoms with van der Waals surface area (Å²) in [6.07, 6.45) is 3.11. The number of hydrogen-bond acceptors (Lipinski definition) is 2. The molecule has 0 radical (unpaired) electrons. The second kappa shape index (κ2) is 3.35. The van der Waals surface area contributed by atoms with Crippen LogP contribution in [0.5, 0.6) is 0 Å². The first-order valence-corrected chi connectivity index (χ1v) is 5.25. The fourth-order valence-corrected chi connectivity index (χ4v) is 1.83. The molecule has 2 nitrogen and oxygen atoms in total. The van der Waals surface area contributed by atoms with E-state index < -0.39 is 0 Å². The fourth-order valence-electron chi connectivity index (χ4n) is 1.83. The summed E-state index contributed by atoms with van der Waals surface area (Å²) in [4.78, 5) is 4.38. The average molecular weight is 190 g/mol. The van der Waals surface area contributed by atoms with Crippen LogP contribution in [0, 0.1) is 0 Å². The highest BCUT2D eigenvalue weighted by Gasteiger charge is 2.40. The third kappa shape index (κ3) is 2.32. The first-order chi connectivity index (χ1) is 6.56. The number of nitrogens with one attached hydrogen (secondary N) is 1. The molecule has 1 N–H and O–H groups in total. The molecule has 1 aliphatic rings. The Kier molecular flexibility index (Phi) is 2.31. The van der Waals surface area contributed by atoms with Gasteiger partial charge < -0.3 is 5.32 Å². The van der Waals surface area contributed by atoms with Crippen LogP contribution < -0.4 is 5.32 Å². The topological polar surface area (TPSA) is 24.9 Å². The predicted octanol–water partition coefficient (Wildman–Crippen LogP) is 2.33. The zero-order valence-electron chi connectivity index (χ0n) is 9.12. The van der Waals surface area contributed by atoms with Crippen molar-refractivity contribution in [2.45, 2.75) is 44.7 Å². The van der Waals surface area contributed by atoms with Gasteiger partial charge in [-0.25, -0.2) is 0 Å². The van der Waals surface area contributed by atoms with Gasteiger partial charge in [-0.2, -0.15) is 0 Å². The van der Waals surface area contributed by atoms with Gasteiger partial charge in [-0.1, -0.05) is 6.07 Å². The molecule has 1 unspecified atom stereocenters. The lowest BCUT2D eigenvalue weighted by Crippen LogP contribution is -2.38. The van der Waals surface area contributed by atoms with E-state index >= 15 is 0 Å². The highest BCUT2D eigenvalue weighted by molar-refractivity contribution is 5.21. The van der Waals surface area contributed by atoms with Gasteiger partial charge in [-0.05, 0) is 39.3 Å². The minimum Gasteiger partial charge on any atom is -0.309 e. The zero-order valence-corrected chi connectivity index (χ0v) is 9.12. The van der Waals surface area contributed by atoms with Crippen molar-refractivity contribution in [2.24, 2.45) is 0 Å². The Balaban J connectivity index is 1.94. The van der Waals surface area contributed by atoms with Crippen LogP contribution in [0.2, 0.25) is 0 Å². The first-order valence-electron chi connectivity index (χ1n) is 5.25. The molecule has 0 amide bonds. The van der Waals surface area contributed by atoms with E-state index in [1.165, 1.54) is 12.1 Å². The fraction of sp³-hybridized carbons (Fsp3) is 0.583. The summed E-state index contributed by atoms with van der Waals surface area (Å²) in [5.41, 5.74) is 1.45. The van der Waals surface area contributed by atoms with Crippen molar-refractivity contribution < 1.29 is 0 Å². The largest absolute Gasteiger partial charge is 0.309 e. The van der Waals surface area contributed by atoms with E-state index in [2.05, 4.69) is 43.2 Å². The molecule has 0 aliphatic heterocycles. The molecular weight excluding hydrogens is 172 g/mol. The summed E-state index contributed by atoms with van der Waals surface area (Å²) in [6, 6.07) is 6.78. The average Bonchev–Trinajstić information content (AvgIpc) is 2.82. The molecule has 0 spiro atoms. The molecule has 2 rings (SSSR count). The maximum atomic E-state index is 4.38. The molecule has 0 aromatic carbocycles. The molecule has 0 saturated heterocycles. The molecule has 2 heteroatoms. The van der Waals surface area contributed by atoms with E-state index in [1.54, 1.807) is 0 Å². The van der Waals surface area contributed by atoms with E-state index in [9.17, 15) is 0 Å². The van der Waals surface area contributed by atoms with Crippen molar-refractivity contribution in [2.75, 3.05) is 0 Å². The van der Waals surface area contributed by atoms with Crippen LogP contribution >= 0.6 is 0 Å². The van der Waals surface area contributed by atoms with Gasteiger partial charge in [0.15, 0.2) is 0 Å². The Bertz CT molecular complexity index is 300. The maximum absolute atomic E-state index is 4.38. The van der Waals surface area contributed by atoms with Gasteiger partial charge in [0.1, 0.15) is 0 Å². The van der Waals surface area contributed by atoms with Crippen LogP contribution in [0.3, 0.4) is 0 Å². The molecule has 1 aliphatic carbocycles. The minimum absolute atomic E-state index is 0.216. The highest BCUT2D eigenvalue weighted by Crippen LogP contribution is 2.40. The van der Waals surface area contributed by atoms with E-state index in [0.717, 1.165) is 0 Å². The normalized spacial score (nSPS) is 26.2. The van der Waals surface area contributed by atoms with Gasteiger partial charge in [-0.15, -0.1) is 0 Å². The monoisotopic (exact) mass is 190 g/mol. The van der Waals surface area contributed by atoms with Crippen molar-refractivity contribution in [3.63, 3.8) is 0 Å².